The zero-order valence-corrected chi connectivity index (χ0v) is 18.6. The molecular formula is C22H30N6O2S. The number of benzene rings is 1. The molecule has 2 amide bonds. The second-order valence-corrected chi connectivity index (χ2v) is 9.23. The molecule has 166 valence electrons. The lowest BCUT2D eigenvalue weighted by atomic mass is 10.2. The standard InChI is InChI=1S/C22H30N6O2S/c29-20(28-10-6-1-2-7-11-28)17-27-14-12-26(13-15-27)16-19-24-25-22(31-19)21(30)23-18-8-4-3-5-9-18/h3-5,8-9H,1-2,6-7,10-17H2,(H,23,30). The molecule has 1 aromatic carbocycles. The van der Waals surface area contributed by atoms with E-state index in [0.29, 0.717) is 18.1 Å². The molecule has 0 saturated carbocycles. The van der Waals surface area contributed by atoms with Gasteiger partial charge < -0.3 is 10.2 Å². The first kappa shape index (κ1) is 21.9. The number of nitrogens with zero attached hydrogens (tertiary/aromatic N) is 5. The Labute approximate surface area is 187 Å². The molecule has 0 spiro atoms. The van der Waals surface area contributed by atoms with Crippen LogP contribution in [0.1, 0.15) is 40.5 Å². The minimum atomic E-state index is -0.230. The smallest absolute Gasteiger partial charge is 0.286 e. The van der Waals surface area contributed by atoms with E-state index in [1.807, 2.05) is 35.2 Å². The van der Waals surface area contributed by atoms with E-state index in [0.717, 1.165) is 62.8 Å². The lowest BCUT2D eigenvalue weighted by Gasteiger charge is -2.34. The van der Waals surface area contributed by atoms with E-state index in [1.54, 1.807) is 0 Å². The van der Waals surface area contributed by atoms with E-state index in [-0.39, 0.29) is 11.8 Å². The van der Waals surface area contributed by atoms with Crippen molar-refractivity contribution in [1.29, 1.82) is 0 Å². The number of carbonyl (C=O) groups is 2. The SMILES string of the molecule is O=C(Nc1ccccc1)c1nnc(CN2CCN(CC(=O)N3CCCCCC3)CC2)s1. The Balaban J connectivity index is 1.21. The van der Waals surface area contributed by atoms with Crippen LogP contribution in [0.2, 0.25) is 0 Å². The molecule has 2 aliphatic rings. The van der Waals surface area contributed by atoms with Crippen LogP contribution in [0.15, 0.2) is 30.3 Å². The number of carbonyl (C=O) groups excluding carboxylic acids is 2. The Hall–Kier alpha value is -2.36. The molecule has 0 radical (unpaired) electrons. The lowest BCUT2D eigenvalue weighted by molar-refractivity contribution is -0.132. The van der Waals surface area contributed by atoms with Crippen molar-refractivity contribution >= 4 is 28.8 Å². The second-order valence-electron chi connectivity index (χ2n) is 8.17. The number of hydrogen-bond donors (Lipinski definition) is 1. The largest absolute Gasteiger partial charge is 0.342 e. The monoisotopic (exact) mass is 442 g/mol. The summed E-state index contributed by atoms with van der Waals surface area (Å²) in [5.41, 5.74) is 0.745. The highest BCUT2D eigenvalue weighted by Crippen LogP contribution is 2.16. The molecule has 2 aliphatic heterocycles. The van der Waals surface area contributed by atoms with Gasteiger partial charge >= 0.3 is 0 Å². The lowest BCUT2D eigenvalue weighted by Crippen LogP contribution is -2.49. The fraction of sp³-hybridized carbons (Fsp3) is 0.545. The minimum absolute atomic E-state index is 0.230. The molecule has 2 saturated heterocycles. The summed E-state index contributed by atoms with van der Waals surface area (Å²) in [6, 6.07) is 9.35. The number of piperazine rings is 1. The summed E-state index contributed by atoms with van der Waals surface area (Å²) < 4.78 is 0. The predicted octanol–water partition coefficient (Wildman–Crippen LogP) is 2.31. The Bertz CT molecular complexity index is 858. The van der Waals surface area contributed by atoms with Crippen molar-refractivity contribution in [2.45, 2.75) is 32.2 Å². The molecule has 2 fully saturated rings. The van der Waals surface area contributed by atoms with Gasteiger partial charge in [-0.15, -0.1) is 10.2 Å². The van der Waals surface area contributed by atoms with E-state index in [9.17, 15) is 9.59 Å². The zero-order valence-electron chi connectivity index (χ0n) is 17.8. The van der Waals surface area contributed by atoms with Crippen LogP contribution in [-0.4, -0.2) is 82.5 Å². The van der Waals surface area contributed by atoms with Gasteiger partial charge in [-0.3, -0.25) is 19.4 Å². The van der Waals surface area contributed by atoms with Crippen LogP contribution in [0.25, 0.3) is 0 Å². The van der Waals surface area contributed by atoms with E-state index < -0.39 is 0 Å². The summed E-state index contributed by atoms with van der Waals surface area (Å²) in [7, 11) is 0. The summed E-state index contributed by atoms with van der Waals surface area (Å²) in [5, 5.41) is 12.3. The summed E-state index contributed by atoms with van der Waals surface area (Å²) in [6.45, 7) is 6.56. The Morgan fingerprint density at radius 1 is 0.871 bits per heavy atom. The van der Waals surface area contributed by atoms with Crippen molar-refractivity contribution in [3.8, 4) is 0 Å². The molecule has 1 aromatic heterocycles. The molecule has 31 heavy (non-hydrogen) atoms. The average molecular weight is 443 g/mol. The number of hydrogen-bond acceptors (Lipinski definition) is 7. The fourth-order valence-corrected chi connectivity index (χ4v) is 4.80. The van der Waals surface area contributed by atoms with Gasteiger partial charge in [-0.1, -0.05) is 42.4 Å². The van der Waals surface area contributed by atoms with Gasteiger partial charge in [0.15, 0.2) is 0 Å². The molecule has 0 unspecified atom stereocenters. The van der Waals surface area contributed by atoms with Gasteiger partial charge in [0.1, 0.15) is 5.01 Å². The fourth-order valence-electron chi connectivity index (χ4n) is 4.02. The molecule has 0 atom stereocenters. The number of rotatable bonds is 6. The van der Waals surface area contributed by atoms with Gasteiger partial charge in [0.2, 0.25) is 10.9 Å². The average Bonchev–Trinajstić information content (AvgIpc) is 3.08. The zero-order chi connectivity index (χ0) is 21.5. The minimum Gasteiger partial charge on any atom is -0.342 e. The van der Waals surface area contributed by atoms with Crippen molar-refractivity contribution < 1.29 is 9.59 Å². The third-order valence-electron chi connectivity index (χ3n) is 5.83. The highest BCUT2D eigenvalue weighted by atomic mass is 32.1. The Morgan fingerprint density at radius 3 is 2.26 bits per heavy atom. The number of aromatic nitrogens is 2. The second kappa shape index (κ2) is 10.8. The van der Waals surface area contributed by atoms with Crippen molar-refractivity contribution in [3.63, 3.8) is 0 Å². The van der Waals surface area contributed by atoms with E-state index >= 15 is 0 Å². The summed E-state index contributed by atoms with van der Waals surface area (Å²) >= 11 is 1.34. The van der Waals surface area contributed by atoms with Crippen LogP contribution < -0.4 is 5.32 Å². The van der Waals surface area contributed by atoms with E-state index in [4.69, 9.17) is 0 Å². The number of amides is 2. The molecule has 0 bridgehead atoms. The number of likely N-dealkylation sites (tertiary alicyclic amines) is 1. The van der Waals surface area contributed by atoms with Crippen molar-refractivity contribution in [1.82, 2.24) is 24.9 Å². The van der Waals surface area contributed by atoms with Crippen molar-refractivity contribution in [3.05, 3.63) is 40.3 Å². The Kier molecular flexibility index (Phi) is 7.61. The molecule has 3 heterocycles. The molecule has 0 aliphatic carbocycles. The van der Waals surface area contributed by atoms with Crippen LogP contribution in [-0.2, 0) is 11.3 Å². The third-order valence-corrected chi connectivity index (χ3v) is 6.74. The van der Waals surface area contributed by atoms with Crippen LogP contribution in [0.5, 0.6) is 0 Å². The van der Waals surface area contributed by atoms with Crippen LogP contribution in [0, 0.1) is 0 Å². The van der Waals surface area contributed by atoms with Gasteiger partial charge in [0.05, 0.1) is 13.1 Å². The van der Waals surface area contributed by atoms with Crippen molar-refractivity contribution in [2.24, 2.45) is 0 Å². The Morgan fingerprint density at radius 2 is 1.55 bits per heavy atom. The number of nitrogens with one attached hydrogen (secondary N) is 1. The van der Waals surface area contributed by atoms with Gasteiger partial charge in [-0.25, -0.2) is 0 Å². The molecule has 8 nitrogen and oxygen atoms in total. The summed E-state index contributed by atoms with van der Waals surface area (Å²) in [4.78, 5) is 31.6. The summed E-state index contributed by atoms with van der Waals surface area (Å²) in [5.74, 6) is 0.0420. The molecule has 2 aromatic rings. The third kappa shape index (κ3) is 6.32. The van der Waals surface area contributed by atoms with Crippen LogP contribution in [0.4, 0.5) is 5.69 Å². The first-order valence-electron chi connectivity index (χ1n) is 11.1. The highest BCUT2D eigenvalue weighted by Gasteiger charge is 2.23. The summed E-state index contributed by atoms with van der Waals surface area (Å²) in [6.07, 6.45) is 4.74. The highest BCUT2D eigenvalue weighted by molar-refractivity contribution is 7.13. The van der Waals surface area contributed by atoms with E-state index in [1.165, 1.54) is 24.2 Å². The first-order valence-corrected chi connectivity index (χ1v) is 11.9. The molecular weight excluding hydrogens is 412 g/mol. The maximum Gasteiger partial charge on any atom is 0.286 e. The maximum atomic E-state index is 12.6. The van der Waals surface area contributed by atoms with Gasteiger partial charge in [0.25, 0.3) is 5.91 Å². The molecule has 4 rings (SSSR count). The predicted molar refractivity (Wildman–Crippen MR) is 121 cm³/mol. The topological polar surface area (TPSA) is 81.7 Å². The van der Waals surface area contributed by atoms with Gasteiger partial charge in [-0.2, -0.15) is 0 Å². The number of anilines is 1. The van der Waals surface area contributed by atoms with Crippen molar-refractivity contribution in [2.75, 3.05) is 51.1 Å². The normalized spacial score (nSPS) is 18.5. The maximum absolute atomic E-state index is 12.6. The number of para-hydroxylation sites is 1. The molecule has 9 heteroatoms. The van der Waals surface area contributed by atoms with Gasteiger partial charge in [0, 0.05) is 45.0 Å². The van der Waals surface area contributed by atoms with E-state index in [2.05, 4.69) is 25.3 Å². The quantitative estimate of drug-likeness (QED) is 0.739. The van der Waals surface area contributed by atoms with Crippen LogP contribution in [0.3, 0.4) is 0 Å². The van der Waals surface area contributed by atoms with Crippen LogP contribution >= 0.6 is 11.3 Å². The molecule has 1 N–H and O–H groups in total. The first-order chi connectivity index (χ1) is 15.2. The van der Waals surface area contributed by atoms with Gasteiger partial charge in [-0.05, 0) is 25.0 Å².